The minimum absolute atomic E-state index is 0.0924. The average Bonchev–Trinajstić information content (AvgIpc) is 3.51. The van der Waals surface area contributed by atoms with E-state index in [4.69, 9.17) is 0 Å². The Labute approximate surface area is 208 Å². The first kappa shape index (κ1) is 26.6. The van der Waals surface area contributed by atoms with E-state index in [1.807, 2.05) is 30.5 Å². The van der Waals surface area contributed by atoms with Crippen molar-refractivity contribution in [3.05, 3.63) is 36.0 Å². The van der Waals surface area contributed by atoms with Crippen molar-refractivity contribution in [3.8, 4) is 0 Å². The molecule has 1 aliphatic rings. The van der Waals surface area contributed by atoms with Gasteiger partial charge in [0.15, 0.2) is 0 Å². The van der Waals surface area contributed by atoms with Gasteiger partial charge in [0.25, 0.3) is 0 Å². The highest BCUT2D eigenvalue weighted by Gasteiger charge is 2.30. The lowest BCUT2D eigenvalue weighted by molar-refractivity contribution is -0.142. The number of hydrogen-bond donors (Lipinski definition) is 6. The van der Waals surface area contributed by atoms with Crippen molar-refractivity contribution >= 4 is 46.4 Å². The molecule has 1 aromatic heterocycles. The SMILES string of the molecule is CSCCC(NC(=O)C(C)NC(=O)C1CCCN1)C(=O)NC(Cc1c[nH]c2ccccc12)C(=O)O. The number of benzene rings is 1. The fourth-order valence-electron chi connectivity index (χ4n) is 4.08. The van der Waals surface area contributed by atoms with Crippen molar-refractivity contribution in [2.45, 2.75) is 56.8 Å². The molecule has 1 aromatic carbocycles. The predicted molar refractivity (Wildman–Crippen MR) is 135 cm³/mol. The van der Waals surface area contributed by atoms with E-state index >= 15 is 0 Å². The Kier molecular flexibility index (Phi) is 9.55. The lowest BCUT2D eigenvalue weighted by Crippen LogP contribution is -2.56. The molecule has 1 saturated heterocycles. The maximum absolute atomic E-state index is 13.0. The molecule has 4 atom stereocenters. The van der Waals surface area contributed by atoms with E-state index in [-0.39, 0.29) is 18.4 Å². The Morgan fingerprint density at radius 3 is 2.54 bits per heavy atom. The van der Waals surface area contributed by atoms with Crippen LogP contribution in [0.15, 0.2) is 30.5 Å². The van der Waals surface area contributed by atoms with Gasteiger partial charge in [-0.2, -0.15) is 11.8 Å². The molecule has 11 heteroatoms. The second-order valence-corrected chi connectivity index (χ2v) is 9.67. The highest BCUT2D eigenvalue weighted by Crippen LogP contribution is 2.19. The Bertz CT molecular complexity index is 1050. The second-order valence-electron chi connectivity index (χ2n) is 8.68. The minimum atomic E-state index is -1.17. The van der Waals surface area contributed by atoms with E-state index in [2.05, 4.69) is 26.3 Å². The molecular formula is C24H33N5O5S. The molecule has 190 valence electrons. The second kappa shape index (κ2) is 12.6. The summed E-state index contributed by atoms with van der Waals surface area (Å²) in [5, 5.41) is 21.7. The fourth-order valence-corrected chi connectivity index (χ4v) is 4.55. The van der Waals surface area contributed by atoms with Crippen LogP contribution in [0.1, 0.15) is 31.7 Å². The summed E-state index contributed by atoms with van der Waals surface area (Å²) in [6.07, 6.45) is 5.65. The third-order valence-electron chi connectivity index (χ3n) is 6.09. The van der Waals surface area contributed by atoms with Crippen LogP contribution in [0.25, 0.3) is 10.9 Å². The smallest absolute Gasteiger partial charge is 0.326 e. The summed E-state index contributed by atoms with van der Waals surface area (Å²) in [6.45, 7) is 2.32. The number of H-pyrrole nitrogens is 1. The molecule has 2 heterocycles. The summed E-state index contributed by atoms with van der Waals surface area (Å²) >= 11 is 1.51. The Morgan fingerprint density at radius 1 is 1.11 bits per heavy atom. The number of aromatic amines is 1. The molecule has 0 spiro atoms. The minimum Gasteiger partial charge on any atom is -0.480 e. The van der Waals surface area contributed by atoms with Crippen LogP contribution in [0.2, 0.25) is 0 Å². The third-order valence-corrected chi connectivity index (χ3v) is 6.73. The van der Waals surface area contributed by atoms with Gasteiger partial charge in [0, 0.05) is 23.5 Å². The van der Waals surface area contributed by atoms with Crippen LogP contribution >= 0.6 is 11.8 Å². The van der Waals surface area contributed by atoms with Crippen molar-refractivity contribution in [2.75, 3.05) is 18.6 Å². The van der Waals surface area contributed by atoms with E-state index in [1.54, 1.807) is 13.1 Å². The first-order valence-electron chi connectivity index (χ1n) is 11.7. The van der Waals surface area contributed by atoms with Crippen LogP contribution in [-0.4, -0.2) is 76.5 Å². The molecule has 1 aliphatic heterocycles. The molecule has 4 unspecified atom stereocenters. The molecule has 1 fully saturated rings. The van der Waals surface area contributed by atoms with Crippen LogP contribution in [0.4, 0.5) is 0 Å². The highest BCUT2D eigenvalue weighted by molar-refractivity contribution is 7.98. The van der Waals surface area contributed by atoms with Gasteiger partial charge in [0.05, 0.1) is 6.04 Å². The fraction of sp³-hybridized carbons (Fsp3) is 0.500. The number of carbonyl (C=O) groups is 4. The van der Waals surface area contributed by atoms with Gasteiger partial charge >= 0.3 is 5.97 Å². The number of thioether (sulfide) groups is 1. The topological polar surface area (TPSA) is 152 Å². The number of fused-ring (bicyclic) bond motifs is 1. The molecule has 0 bridgehead atoms. The number of para-hydroxylation sites is 1. The molecule has 0 aliphatic carbocycles. The Balaban J connectivity index is 1.63. The number of aliphatic carboxylic acids is 1. The summed E-state index contributed by atoms with van der Waals surface area (Å²) in [5.41, 5.74) is 1.65. The van der Waals surface area contributed by atoms with Crippen molar-refractivity contribution in [2.24, 2.45) is 0 Å². The third kappa shape index (κ3) is 7.22. The maximum atomic E-state index is 13.0. The van der Waals surface area contributed by atoms with Crippen LogP contribution in [0, 0.1) is 0 Å². The lowest BCUT2D eigenvalue weighted by atomic mass is 10.0. The largest absolute Gasteiger partial charge is 0.480 e. The standard InChI is InChI=1S/C24H33N5O5S/c1-14(27-22(31)18-8-5-10-25-18)21(30)28-19(9-11-35-2)23(32)29-20(24(33)34)12-15-13-26-17-7-4-3-6-16(15)17/h3-4,6-7,13-14,18-20,25-26H,5,8-12H2,1-2H3,(H,27,31)(H,28,30)(H,29,32)(H,33,34). The zero-order valence-corrected chi connectivity index (χ0v) is 20.7. The zero-order valence-electron chi connectivity index (χ0n) is 19.9. The molecule has 2 aromatic rings. The Hall–Kier alpha value is -3.05. The maximum Gasteiger partial charge on any atom is 0.326 e. The van der Waals surface area contributed by atoms with Crippen LogP contribution < -0.4 is 21.3 Å². The number of hydrogen-bond acceptors (Lipinski definition) is 6. The van der Waals surface area contributed by atoms with Crippen LogP contribution in [0.5, 0.6) is 0 Å². The first-order valence-corrected chi connectivity index (χ1v) is 13.1. The van der Waals surface area contributed by atoms with Gasteiger partial charge in [-0.05, 0) is 56.4 Å². The highest BCUT2D eigenvalue weighted by atomic mass is 32.2. The van der Waals surface area contributed by atoms with Gasteiger partial charge < -0.3 is 31.4 Å². The molecule has 35 heavy (non-hydrogen) atoms. The Morgan fingerprint density at radius 2 is 1.86 bits per heavy atom. The monoisotopic (exact) mass is 503 g/mol. The van der Waals surface area contributed by atoms with Crippen molar-refractivity contribution in [1.82, 2.24) is 26.3 Å². The summed E-state index contributed by atoms with van der Waals surface area (Å²) < 4.78 is 0. The van der Waals surface area contributed by atoms with E-state index in [0.29, 0.717) is 18.6 Å². The van der Waals surface area contributed by atoms with Gasteiger partial charge in [0.1, 0.15) is 18.1 Å². The molecule has 3 rings (SSSR count). The van der Waals surface area contributed by atoms with Crippen molar-refractivity contribution in [1.29, 1.82) is 0 Å². The number of amides is 3. The van der Waals surface area contributed by atoms with Crippen LogP contribution in [-0.2, 0) is 25.6 Å². The molecule has 0 radical (unpaired) electrons. The number of carboxylic acids is 1. The van der Waals surface area contributed by atoms with E-state index < -0.39 is 35.9 Å². The predicted octanol–water partition coefficient (Wildman–Crippen LogP) is 0.774. The number of carbonyl (C=O) groups excluding carboxylic acids is 3. The number of aromatic nitrogens is 1. The molecular weight excluding hydrogens is 470 g/mol. The molecule has 3 amide bonds. The van der Waals surface area contributed by atoms with Gasteiger partial charge in [-0.3, -0.25) is 14.4 Å². The average molecular weight is 504 g/mol. The number of carboxylic acid groups (broad SMARTS) is 1. The quantitative estimate of drug-likeness (QED) is 0.250. The molecule has 0 saturated carbocycles. The summed E-state index contributed by atoms with van der Waals surface area (Å²) in [5.74, 6) is -1.90. The summed E-state index contributed by atoms with van der Waals surface area (Å²) in [4.78, 5) is 53.1. The normalized spacial score (nSPS) is 17.9. The van der Waals surface area contributed by atoms with Gasteiger partial charge in [-0.1, -0.05) is 18.2 Å². The summed E-state index contributed by atoms with van der Waals surface area (Å²) in [6, 6.07) is 4.28. The van der Waals surface area contributed by atoms with E-state index in [9.17, 15) is 24.3 Å². The van der Waals surface area contributed by atoms with Gasteiger partial charge in [-0.25, -0.2) is 4.79 Å². The van der Waals surface area contributed by atoms with Crippen molar-refractivity contribution in [3.63, 3.8) is 0 Å². The number of rotatable bonds is 12. The van der Waals surface area contributed by atoms with E-state index in [0.717, 1.165) is 29.4 Å². The lowest BCUT2D eigenvalue weighted by Gasteiger charge is -2.23. The molecule has 10 nitrogen and oxygen atoms in total. The van der Waals surface area contributed by atoms with Crippen molar-refractivity contribution < 1.29 is 24.3 Å². The zero-order chi connectivity index (χ0) is 25.4. The summed E-state index contributed by atoms with van der Waals surface area (Å²) in [7, 11) is 0. The molecule has 6 N–H and O–H groups in total. The van der Waals surface area contributed by atoms with Crippen LogP contribution in [0.3, 0.4) is 0 Å². The van der Waals surface area contributed by atoms with Gasteiger partial charge in [0.2, 0.25) is 17.7 Å². The van der Waals surface area contributed by atoms with E-state index in [1.165, 1.54) is 11.8 Å². The number of nitrogens with one attached hydrogen (secondary N) is 5. The first-order chi connectivity index (χ1) is 16.8. The van der Waals surface area contributed by atoms with Gasteiger partial charge in [-0.15, -0.1) is 0 Å².